The molecule has 0 bridgehead atoms. The summed E-state index contributed by atoms with van der Waals surface area (Å²) in [5.41, 5.74) is 0. The van der Waals surface area contributed by atoms with Crippen LogP contribution in [0.4, 0.5) is 0 Å². The summed E-state index contributed by atoms with van der Waals surface area (Å²) < 4.78 is 34.0. The molecule has 2 aliphatic heterocycles. The van der Waals surface area contributed by atoms with Crippen LogP contribution in [0.1, 0.15) is 0 Å². The lowest BCUT2D eigenvalue weighted by atomic mass is 10.4. The SMILES string of the molecule is C1CNCCN(CCOCC2COCCOCCOCCOCCO2)CCNCCN1. The van der Waals surface area contributed by atoms with Gasteiger partial charge in [0.1, 0.15) is 6.10 Å². The monoisotopic (exact) mass is 448 g/mol. The second-order valence-corrected chi connectivity index (χ2v) is 7.57. The fourth-order valence-electron chi connectivity index (χ4n) is 3.24. The average molecular weight is 449 g/mol. The first-order valence-electron chi connectivity index (χ1n) is 11.8. The average Bonchev–Trinajstić information content (AvgIpc) is 2.78. The van der Waals surface area contributed by atoms with Gasteiger partial charge in [0.25, 0.3) is 0 Å². The summed E-state index contributed by atoms with van der Waals surface area (Å²) in [6.07, 6.45) is -0.105. The molecule has 2 fully saturated rings. The molecule has 31 heavy (non-hydrogen) atoms. The predicted octanol–water partition coefficient (Wildman–Crippen LogP) is -1.45. The van der Waals surface area contributed by atoms with Gasteiger partial charge < -0.3 is 44.4 Å². The molecule has 1 atom stereocenters. The third-order valence-corrected chi connectivity index (χ3v) is 5.02. The molecule has 0 radical (unpaired) electrons. The van der Waals surface area contributed by atoms with Crippen LogP contribution in [0.3, 0.4) is 0 Å². The van der Waals surface area contributed by atoms with Gasteiger partial charge in [-0.25, -0.2) is 0 Å². The van der Waals surface area contributed by atoms with Crippen LogP contribution in [0.2, 0.25) is 0 Å². The van der Waals surface area contributed by atoms with Gasteiger partial charge in [-0.2, -0.15) is 0 Å². The number of rotatable bonds is 5. The van der Waals surface area contributed by atoms with E-state index < -0.39 is 0 Å². The smallest absolute Gasteiger partial charge is 0.104 e. The fraction of sp³-hybridized carbons (Fsp3) is 1.00. The molecule has 0 aliphatic carbocycles. The van der Waals surface area contributed by atoms with Crippen molar-refractivity contribution in [3.63, 3.8) is 0 Å². The van der Waals surface area contributed by atoms with Crippen LogP contribution in [0, 0.1) is 0 Å². The van der Waals surface area contributed by atoms with Crippen molar-refractivity contribution in [3.8, 4) is 0 Å². The maximum Gasteiger partial charge on any atom is 0.104 e. The molecule has 0 aromatic carbocycles. The number of ether oxygens (including phenoxy) is 6. The molecule has 0 aromatic rings. The number of nitrogens with zero attached hydrogens (tertiary/aromatic N) is 1. The van der Waals surface area contributed by atoms with Gasteiger partial charge in [-0.3, -0.25) is 4.90 Å². The molecule has 2 heterocycles. The van der Waals surface area contributed by atoms with Gasteiger partial charge in [-0.15, -0.1) is 0 Å². The molecule has 0 aromatic heterocycles. The summed E-state index contributed by atoms with van der Waals surface area (Å²) in [7, 11) is 0. The van der Waals surface area contributed by atoms with Gasteiger partial charge in [-0.05, 0) is 0 Å². The maximum absolute atomic E-state index is 5.95. The first-order chi connectivity index (χ1) is 15.4. The molecule has 184 valence electrons. The molecule has 10 heteroatoms. The summed E-state index contributed by atoms with van der Waals surface area (Å²) in [5, 5.41) is 10.4. The Labute approximate surface area is 187 Å². The zero-order valence-electron chi connectivity index (χ0n) is 19.1. The summed E-state index contributed by atoms with van der Waals surface area (Å²) in [5.74, 6) is 0. The van der Waals surface area contributed by atoms with Gasteiger partial charge in [0.05, 0.1) is 72.7 Å². The molecule has 1 unspecified atom stereocenters. The van der Waals surface area contributed by atoms with E-state index in [0.717, 1.165) is 58.9 Å². The van der Waals surface area contributed by atoms with E-state index in [1.165, 1.54) is 0 Å². The Morgan fingerprint density at radius 1 is 0.645 bits per heavy atom. The van der Waals surface area contributed by atoms with Crippen molar-refractivity contribution >= 4 is 0 Å². The van der Waals surface area contributed by atoms with Crippen LogP contribution >= 0.6 is 0 Å². The van der Waals surface area contributed by atoms with Crippen molar-refractivity contribution in [3.05, 3.63) is 0 Å². The Bertz CT molecular complexity index is 369. The highest BCUT2D eigenvalue weighted by Crippen LogP contribution is 1.98. The first kappa shape index (κ1) is 26.8. The van der Waals surface area contributed by atoms with Gasteiger partial charge in [0.15, 0.2) is 0 Å². The molecule has 0 saturated carbocycles. The second kappa shape index (κ2) is 20.2. The minimum atomic E-state index is -0.105. The zero-order chi connectivity index (χ0) is 21.7. The molecule has 3 N–H and O–H groups in total. The van der Waals surface area contributed by atoms with E-state index >= 15 is 0 Å². The highest BCUT2D eigenvalue weighted by Gasteiger charge is 2.12. The van der Waals surface area contributed by atoms with Gasteiger partial charge in [-0.1, -0.05) is 0 Å². The summed E-state index contributed by atoms with van der Waals surface area (Å²) >= 11 is 0. The molecular formula is C21H44N4O6. The minimum Gasteiger partial charge on any atom is -0.377 e. The molecule has 2 saturated heterocycles. The van der Waals surface area contributed by atoms with Crippen LogP contribution < -0.4 is 16.0 Å². The van der Waals surface area contributed by atoms with Crippen molar-refractivity contribution in [1.29, 1.82) is 0 Å². The minimum absolute atomic E-state index is 0.105. The van der Waals surface area contributed by atoms with E-state index in [2.05, 4.69) is 20.9 Å². The topological polar surface area (TPSA) is 94.7 Å². The van der Waals surface area contributed by atoms with E-state index in [9.17, 15) is 0 Å². The van der Waals surface area contributed by atoms with Crippen molar-refractivity contribution in [2.24, 2.45) is 0 Å². The largest absolute Gasteiger partial charge is 0.377 e. The van der Waals surface area contributed by atoms with Gasteiger partial charge in [0.2, 0.25) is 0 Å². The van der Waals surface area contributed by atoms with Crippen LogP contribution in [0.15, 0.2) is 0 Å². The van der Waals surface area contributed by atoms with E-state index in [1.54, 1.807) is 0 Å². The van der Waals surface area contributed by atoms with Crippen molar-refractivity contribution in [2.45, 2.75) is 6.10 Å². The fourth-order valence-corrected chi connectivity index (χ4v) is 3.24. The van der Waals surface area contributed by atoms with Gasteiger partial charge >= 0.3 is 0 Å². The third kappa shape index (κ3) is 15.9. The van der Waals surface area contributed by atoms with E-state index in [4.69, 9.17) is 28.4 Å². The van der Waals surface area contributed by atoms with Crippen molar-refractivity contribution < 1.29 is 28.4 Å². The lowest BCUT2D eigenvalue weighted by molar-refractivity contribution is -0.0788. The van der Waals surface area contributed by atoms with E-state index in [0.29, 0.717) is 72.7 Å². The summed E-state index contributed by atoms with van der Waals surface area (Å²) in [4.78, 5) is 2.44. The highest BCUT2D eigenvalue weighted by atomic mass is 16.6. The summed E-state index contributed by atoms with van der Waals surface area (Å²) in [6.45, 7) is 15.1. The van der Waals surface area contributed by atoms with Crippen molar-refractivity contribution in [2.75, 3.05) is 132 Å². The second-order valence-electron chi connectivity index (χ2n) is 7.57. The standard InChI is InChI=1S/C21H44N4O6/c1-3-23-5-7-25(8-6-24-4-2-22-1)9-10-29-19-21-20-30-16-15-27-12-11-26-13-14-28-17-18-31-21/h21-24H,1-20H2. The Morgan fingerprint density at radius 2 is 1.16 bits per heavy atom. The summed E-state index contributed by atoms with van der Waals surface area (Å²) in [6, 6.07) is 0. The van der Waals surface area contributed by atoms with Crippen LogP contribution in [0.25, 0.3) is 0 Å². The highest BCUT2D eigenvalue weighted by molar-refractivity contribution is 4.65. The molecule has 2 rings (SSSR count). The molecule has 0 amide bonds. The number of nitrogens with one attached hydrogen (secondary N) is 3. The Morgan fingerprint density at radius 3 is 1.77 bits per heavy atom. The van der Waals surface area contributed by atoms with Gasteiger partial charge in [0, 0.05) is 58.9 Å². The molecule has 10 nitrogen and oxygen atoms in total. The molecule has 2 aliphatic rings. The van der Waals surface area contributed by atoms with Crippen LogP contribution in [0.5, 0.6) is 0 Å². The lowest BCUT2D eigenvalue weighted by Crippen LogP contribution is -2.42. The normalized spacial score (nSPS) is 26.1. The Balaban J connectivity index is 1.62. The molecular weight excluding hydrogens is 404 g/mol. The van der Waals surface area contributed by atoms with Crippen molar-refractivity contribution in [1.82, 2.24) is 20.9 Å². The number of hydrogen-bond donors (Lipinski definition) is 3. The predicted molar refractivity (Wildman–Crippen MR) is 119 cm³/mol. The number of hydrogen-bond acceptors (Lipinski definition) is 10. The van der Waals surface area contributed by atoms with E-state index in [1.807, 2.05) is 0 Å². The maximum atomic E-state index is 5.95. The van der Waals surface area contributed by atoms with Crippen LogP contribution in [-0.4, -0.2) is 143 Å². The Hall–Kier alpha value is -0.400. The lowest BCUT2D eigenvalue weighted by Gasteiger charge is -2.24. The van der Waals surface area contributed by atoms with E-state index in [-0.39, 0.29) is 6.10 Å². The molecule has 0 spiro atoms. The first-order valence-corrected chi connectivity index (χ1v) is 11.8. The Kier molecular flexibility index (Phi) is 17.5. The zero-order valence-corrected chi connectivity index (χ0v) is 19.1. The third-order valence-electron chi connectivity index (χ3n) is 5.02. The van der Waals surface area contributed by atoms with Crippen LogP contribution in [-0.2, 0) is 28.4 Å². The quantitative estimate of drug-likeness (QED) is 0.434.